The molecule has 0 saturated carbocycles. The molecule has 0 spiro atoms. The zero-order chi connectivity index (χ0) is 20.1. The second-order valence-corrected chi connectivity index (χ2v) is 6.41. The largest absolute Gasteiger partial charge is 0.497 e. The molecule has 2 N–H and O–H groups in total. The molecular formula is C22H23N3O3. The van der Waals surface area contributed by atoms with Gasteiger partial charge in [-0.2, -0.15) is 0 Å². The Bertz CT molecular complexity index is 1000. The van der Waals surface area contributed by atoms with Crippen LogP contribution in [0.3, 0.4) is 0 Å². The van der Waals surface area contributed by atoms with Crippen molar-refractivity contribution >= 4 is 23.0 Å². The van der Waals surface area contributed by atoms with Gasteiger partial charge in [-0.25, -0.2) is 0 Å². The number of hydrogen-bond donors (Lipinski definition) is 2. The Morgan fingerprint density at radius 3 is 2.43 bits per heavy atom. The molecule has 1 amide bonds. The van der Waals surface area contributed by atoms with Gasteiger partial charge in [-0.3, -0.25) is 9.78 Å². The van der Waals surface area contributed by atoms with Gasteiger partial charge >= 0.3 is 0 Å². The van der Waals surface area contributed by atoms with Gasteiger partial charge in [0.2, 0.25) is 0 Å². The first-order valence-electron chi connectivity index (χ1n) is 8.83. The summed E-state index contributed by atoms with van der Waals surface area (Å²) in [4.78, 5) is 16.8. The highest BCUT2D eigenvalue weighted by Gasteiger charge is 2.10. The maximum Gasteiger partial charge on any atom is 0.257 e. The highest BCUT2D eigenvalue weighted by molar-refractivity contribution is 6.04. The van der Waals surface area contributed by atoms with Crippen LogP contribution in [0.1, 0.15) is 21.5 Å². The number of rotatable bonds is 6. The number of amides is 1. The number of aryl methyl sites for hydroxylation is 2. The molecule has 0 unspecified atom stereocenters. The van der Waals surface area contributed by atoms with Crippen molar-refractivity contribution in [1.82, 2.24) is 4.98 Å². The van der Waals surface area contributed by atoms with Gasteiger partial charge in [0, 0.05) is 18.0 Å². The standard InChI is InChI=1S/C22H23N3O3/c1-14-5-6-17(9-15(14)2)25-22(26)16-10-18(13-23-12-16)24-20-11-19(27-3)7-8-21(20)28-4/h5-13,24H,1-4H3,(H,25,26). The lowest BCUT2D eigenvalue weighted by atomic mass is 10.1. The summed E-state index contributed by atoms with van der Waals surface area (Å²) < 4.78 is 10.6. The monoisotopic (exact) mass is 377 g/mol. The van der Waals surface area contributed by atoms with Crippen LogP contribution in [0.25, 0.3) is 0 Å². The Morgan fingerprint density at radius 1 is 0.893 bits per heavy atom. The molecule has 0 fully saturated rings. The van der Waals surface area contributed by atoms with Crippen LogP contribution in [-0.2, 0) is 0 Å². The van der Waals surface area contributed by atoms with Crippen molar-refractivity contribution in [3.8, 4) is 11.5 Å². The van der Waals surface area contributed by atoms with E-state index in [-0.39, 0.29) is 5.91 Å². The van der Waals surface area contributed by atoms with Crippen LogP contribution >= 0.6 is 0 Å². The molecule has 0 bridgehead atoms. The number of ether oxygens (including phenoxy) is 2. The van der Waals surface area contributed by atoms with Crippen molar-refractivity contribution in [3.05, 3.63) is 71.5 Å². The van der Waals surface area contributed by atoms with Gasteiger partial charge in [0.1, 0.15) is 11.5 Å². The minimum absolute atomic E-state index is 0.225. The van der Waals surface area contributed by atoms with Gasteiger partial charge in [-0.15, -0.1) is 0 Å². The van der Waals surface area contributed by atoms with Crippen molar-refractivity contribution in [3.63, 3.8) is 0 Å². The number of nitrogens with one attached hydrogen (secondary N) is 2. The first-order chi connectivity index (χ1) is 13.5. The summed E-state index contributed by atoms with van der Waals surface area (Å²) in [5.41, 5.74) is 4.88. The normalized spacial score (nSPS) is 10.3. The Hall–Kier alpha value is -3.54. The number of aromatic nitrogens is 1. The summed E-state index contributed by atoms with van der Waals surface area (Å²) in [7, 11) is 3.20. The van der Waals surface area contributed by atoms with Gasteiger partial charge in [0.15, 0.2) is 0 Å². The summed E-state index contributed by atoms with van der Waals surface area (Å²) in [6.07, 6.45) is 3.18. The third-order valence-corrected chi connectivity index (χ3v) is 4.45. The molecule has 1 aromatic heterocycles. The highest BCUT2D eigenvalue weighted by atomic mass is 16.5. The second-order valence-electron chi connectivity index (χ2n) is 6.41. The van der Waals surface area contributed by atoms with Gasteiger partial charge in [-0.05, 0) is 55.3 Å². The van der Waals surface area contributed by atoms with Crippen LogP contribution in [0.15, 0.2) is 54.9 Å². The Labute approximate surface area is 164 Å². The van der Waals surface area contributed by atoms with E-state index in [0.717, 1.165) is 16.9 Å². The van der Waals surface area contributed by atoms with E-state index in [1.165, 1.54) is 11.8 Å². The minimum Gasteiger partial charge on any atom is -0.497 e. The van der Waals surface area contributed by atoms with Crippen LogP contribution in [0.2, 0.25) is 0 Å². The average molecular weight is 377 g/mol. The molecule has 0 aliphatic rings. The van der Waals surface area contributed by atoms with Gasteiger partial charge in [0.05, 0.1) is 37.4 Å². The zero-order valence-electron chi connectivity index (χ0n) is 16.4. The summed E-state index contributed by atoms with van der Waals surface area (Å²) >= 11 is 0. The van der Waals surface area contributed by atoms with Crippen molar-refractivity contribution in [2.45, 2.75) is 13.8 Å². The fourth-order valence-electron chi connectivity index (χ4n) is 2.72. The molecule has 28 heavy (non-hydrogen) atoms. The lowest BCUT2D eigenvalue weighted by Crippen LogP contribution is -2.12. The molecule has 0 radical (unpaired) electrons. The van der Waals surface area contributed by atoms with Gasteiger partial charge in [0.25, 0.3) is 5.91 Å². The molecule has 0 saturated heterocycles. The SMILES string of the molecule is COc1ccc(OC)c(Nc2cncc(C(=O)Nc3ccc(C)c(C)c3)c2)c1. The third-order valence-electron chi connectivity index (χ3n) is 4.45. The minimum atomic E-state index is -0.225. The predicted octanol–water partition coefficient (Wildman–Crippen LogP) is 4.71. The maximum atomic E-state index is 12.6. The maximum absolute atomic E-state index is 12.6. The van der Waals surface area contributed by atoms with Crippen molar-refractivity contribution in [2.24, 2.45) is 0 Å². The molecule has 3 rings (SSSR count). The highest BCUT2D eigenvalue weighted by Crippen LogP contribution is 2.31. The fraction of sp³-hybridized carbons (Fsp3) is 0.182. The van der Waals surface area contributed by atoms with E-state index in [4.69, 9.17) is 9.47 Å². The van der Waals surface area contributed by atoms with E-state index >= 15 is 0 Å². The second kappa shape index (κ2) is 8.43. The van der Waals surface area contributed by atoms with E-state index in [9.17, 15) is 4.79 Å². The molecule has 2 aromatic carbocycles. The topological polar surface area (TPSA) is 72.5 Å². The van der Waals surface area contributed by atoms with Gasteiger partial charge < -0.3 is 20.1 Å². The molecule has 3 aromatic rings. The quantitative estimate of drug-likeness (QED) is 0.651. The van der Waals surface area contributed by atoms with Crippen molar-refractivity contribution in [1.29, 1.82) is 0 Å². The smallest absolute Gasteiger partial charge is 0.257 e. The van der Waals surface area contributed by atoms with Crippen LogP contribution in [0.4, 0.5) is 17.1 Å². The first-order valence-corrected chi connectivity index (χ1v) is 8.83. The predicted molar refractivity (Wildman–Crippen MR) is 111 cm³/mol. The molecule has 0 atom stereocenters. The number of nitrogens with zero attached hydrogens (tertiary/aromatic N) is 1. The molecule has 144 valence electrons. The number of methoxy groups -OCH3 is 2. The van der Waals surface area contributed by atoms with Crippen LogP contribution < -0.4 is 20.1 Å². The van der Waals surface area contributed by atoms with Crippen LogP contribution in [-0.4, -0.2) is 25.1 Å². The van der Waals surface area contributed by atoms with Crippen LogP contribution in [0, 0.1) is 13.8 Å². The Balaban J connectivity index is 1.80. The number of benzene rings is 2. The van der Waals surface area contributed by atoms with E-state index < -0.39 is 0 Å². The van der Waals surface area contributed by atoms with E-state index in [2.05, 4.69) is 15.6 Å². The van der Waals surface area contributed by atoms with E-state index in [0.29, 0.717) is 22.7 Å². The number of anilines is 3. The summed E-state index contributed by atoms with van der Waals surface area (Å²) in [6.45, 7) is 4.05. The van der Waals surface area contributed by atoms with Gasteiger partial charge in [-0.1, -0.05) is 6.07 Å². The number of hydrogen-bond acceptors (Lipinski definition) is 5. The molecule has 6 nitrogen and oxygen atoms in total. The first kappa shape index (κ1) is 19.2. The zero-order valence-corrected chi connectivity index (χ0v) is 16.4. The molecule has 6 heteroatoms. The lowest BCUT2D eigenvalue weighted by Gasteiger charge is -2.13. The molecule has 1 heterocycles. The molecule has 0 aliphatic carbocycles. The fourth-order valence-corrected chi connectivity index (χ4v) is 2.72. The molecular weight excluding hydrogens is 354 g/mol. The summed E-state index contributed by atoms with van der Waals surface area (Å²) in [5, 5.41) is 6.13. The summed E-state index contributed by atoms with van der Waals surface area (Å²) in [6, 6.07) is 13.0. The van der Waals surface area contributed by atoms with Crippen molar-refractivity contribution < 1.29 is 14.3 Å². The van der Waals surface area contributed by atoms with E-state index in [1.807, 2.05) is 50.2 Å². The number of carbonyl (C=O) groups excluding carboxylic acids is 1. The third kappa shape index (κ3) is 4.40. The summed E-state index contributed by atoms with van der Waals surface area (Å²) in [5.74, 6) is 1.13. The molecule has 0 aliphatic heterocycles. The Kier molecular flexibility index (Phi) is 5.79. The Morgan fingerprint density at radius 2 is 1.71 bits per heavy atom. The lowest BCUT2D eigenvalue weighted by molar-refractivity contribution is 0.102. The van der Waals surface area contributed by atoms with E-state index in [1.54, 1.807) is 26.5 Å². The van der Waals surface area contributed by atoms with Crippen LogP contribution in [0.5, 0.6) is 11.5 Å². The van der Waals surface area contributed by atoms with Crippen molar-refractivity contribution in [2.75, 3.05) is 24.9 Å². The average Bonchev–Trinajstić information content (AvgIpc) is 2.71. The number of carbonyl (C=O) groups is 1. The number of pyridine rings is 1.